The first kappa shape index (κ1) is 11.0. The molecule has 1 aliphatic heterocycles. The van der Waals surface area contributed by atoms with Gasteiger partial charge in [0.1, 0.15) is 11.9 Å². The molecule has 0 bridgehead atoms. The molecule has 78 valence electrons. The quantitative estimate of drug-likeness (QED) is 0.508. The van der Waals surface area contributed by atoms with E-state index < -0.39 is 5.60 Å². The molecule has 0 N–H and O–H groups in total. The highest BCUT2D eigenvalue weighted by Crippen LogP contribution is 2.34. The third-order valence-corrected chi connectivity index (χ3v) is 2.76. The van der Waals surface area contributed by atoms with Crippen molar-refractivity contribution in [1.29, 1.82) is 0 Å². The van der Waals surface area contributed by atoms with Crippen molar-refractivity contribution in [2.24, 2.45) is 11.8 Å². The first-order valence-electron chi connectivity index (χ1n) is 4.85. The topological polar surface area (TPSA) is 43.4 Å². The standard InChI is InChI=1S/C11H16O3/c1-8(2)9(5-7-12)11(3)6-4-10(13)14-11/h4,6-9H,5H2,1-3H3/t9-,11+/m0/s1. The van der Waals surface area contributed by atoms with Crippen molar-refractivity contribution in [1.82, 2.24) is 0 Å². The van der Waals surface area contributed by atoms with E-state index in [1.54, 1.807) is 6.08 Å². The molecular formula is C11H16O3. The van der Waals surface area contributed by atoms with Crippen LogP contribution in [0.25, 0.3) is 0 Å². The van der Waals surface area contributed by atoms with Gasteiger partial charge in [-0.2, -0.15) is 0 Å². The summed E-state index contributed by atoms with van der Waals surface area (Å²) in [6.07, 6.45) is 4.49. The average molecular weight is 196 g/mol. The number of carbonyl (C=O) groups is 2. The van der Waals surface area contributed by atoms with E-state index in [4.69, 9.17) is 4.74 Å². The maximum atomic E-state index is 11.0. The van der Waals surface area contributed by atoms with Gasteiger partial charge in [0, 0.05) is 18.4 Å². The lowest BCUT2D eigenvalue weighted by Crippen LogP contribution is -2.37. The number of ether oxygens (including phenoxy) is 1. The van der Waals surface area contributed by atoms with Crippen LogP contribution in [0.1, 0.15) is 27.2 Å². The highest BCUT2D eigenvalue weighted by Gasteiger charge is 2.40. The smallest absolute Gasteiger partial charge is 0.331 e. The highest BCUT2D eigenvalue weighted by molar-refractivity contribution is 5.85. The predicted octanol–water partition coefficient (Wildman–Crippen LogP) is 1.72. The van der Waals surface area contributed by atoms with Gasteiger partial charge in [0.2, 0.25) is 0 Å². The Bertz CT molecular complexity index is 268. The zero-order valence-corrected chi connectivity index (χ0v) is 8.82. The minimum Gasteiger partial charge on any atom is -0.452 e. The van der Waals surface area contributed by atoms with Crippen molar-refractivity contribution in [3.8, 4) is 0 Å². The molecule has 3 heteroatoms. The number of aldehydes is 1. The summed E-state index contributed by atoms with van der Waals surface area (Å²) in [4.78, 5) is 21.5. The molecule has 1 rings (SSSR count). The van der Waals surface area contributed by atoms with Crippen molar-refractivity contribution in [2.75, 3.05) is 0 Å². The van der Waals surface area contributed by atoms with Gasteiger partial charge in [-0.25, -0.2) is 4.79 Å². The lowest BCUT2D eigenvalue weighted by molar-refractivity contribution is -0.150. The third kappa shape index (κ3) is 2.03. The van der Waals surface area contributed by atoms with Gasteiger partial charge < -0.3 is 9.53 Å². The number of hydrogen-bond donors (Lipinski definition) is 0. The van der Waals surface area contributed by atoms with Crippen LogP contribution in [0.15, 0.2) is 12.2 Å². The summed E-state index contributed by atoms with van der Waals surface area (Å²) in [5, 5.41) is 0. The average Bonchev–Trinajstić information content (AvgIpc) is 2.42. The van der Waals surface area contributed by atoms with E-state index in [0.29, 0.717) is 12.3 Å². The van der Waals surface area contributed by atoms with Crippen molar-refractivity contribution in [3.63, 3.8) is 0 Å². The summed E-state index contributed by atoms with van der Waals surface area (Å²) < 4.78 is 5.22. The van der Waals surface area contributed by atoms with Gasteiger partial charge in [0.15, 0.2) is 0 Å². The molecular weight excluding hydrogens is 180 g/mol. The molecule has 0 spiro atoms. The molecule has 2 atom stereocenters. The van der Waals surface area contributed by atoms with E-state index in [0.717, 1.165) is 6.29 Å². The van der Waals surface area contributed by atoms with Crippen LogP contribution in [0.2, 0.25) is 0 Å². The Labute approximate surface area is 84.1 Å². The predicted molar refractivity (Wildman–Crippen MR) is 52.6 cm³/mol. The Morgan fingerprint density at radius 3 is 2.57 bits per heavy atom. The molecule has 0 unspecified atom stereocenters. The fraction of sp³-hybridized carbons (Fsp3) is 0.636. The molecule has 0 radical (unpaired) electrons. The van der Waals surface area contributed by atoms with Gasteiger partial charge in [-0.05, 0) is 18.9 Å². The van der Waals surface area contributed by atoms with Crippen LogP contribution in [0.5, 0.6) is 0 Å². The van der Waals surface area contributed by atoms with E-state index in [9.17, 15) is 9.59 Å². The maximum absolute atomic E-state index is 11.0. The Morgan fingerprint density at radius 2 is 2.21 bits per heavy atom. The van der Waals surface area contributed by atoms with E-state index in [1.165, 1.54) is 6.08 Å². The zero-order chi connectivity index (χ0) is 10.8. The molecule has 0 amide bonds. The number of cyclic esters (lactones) is 1. The number of hydrogen-bond acceptors (Lipinski definition) is 3. The fourth-order valence-corrected chi connectivity index (χ4v) is 1.99. The van der Waals surface area contributed by atoms with Crippen LogP contribution in [0.3, 0.4) is 0 Å². The van der Waals surface area contributed by atoms with Crippen molar-refractivity contribution < 1.29 is 14.3 Å². The lowest BCUT2D eigenvalue weighted by atomic mass is 9.79. The van der Waals surface area contributed by atoms with Crippen LogP contribution in [0, 0.1) is 11.8 Å². The van der Waals surface area contributed by atoms with E-state index in [1.807, 2.05) is 20.8 Å². The summed E-state index contributed by atoms with van der Waals surface area (Å²) in [5.41, 5.74) is -0.605. The number of rotatable bonds is 4. The van der Waals surface area contributed by atoms with Crippen molar-refractivity contribution >= 4 is 12.3 Å². The SMILES string of the molecule is CC(C)[C@H](CC=O)[C@@]1(C)C=CC(=O)O1. The molecule has 1 heterocycles. The van der Waals surface area contributed by atoms with Gasteiger partial charge in [-0.1, -0.05) is 13.8 Å². The van der Waals surface area contributed by atoms with Crippen LogP contribution < -0.4 is 0 Å². The first-order valence-corrected chi connectivity index (χ1v) is 4.85. The Morgan fingerprint density at radius 1 is 1.57 bits per heavy atom. The minimum atomic E-state index is -0.605. The summed E-state index contributed by atoms with van der Waals surface area (Å²) in [7, 11) is 0. The van der Waals surface area contributed by atoms with Gasteiger partial charge >= 0.3 is 5.97 Å². The van der Waals surface area contributed by atoms with Gasteiger partial charge in [-0.3, -0.25) is 0 Å². The molecule has 0 aromatic heterocycles. The van der Waals surface area contributed by atoms with Crippen LogP contribution in [-0.2, 0) is 14.3 Å². The largest absolute Gasteiger partial charge is 0.452 e. The summed E-state index contributed by atoms with van der Waals surface area (Å²) in [6, 6.07) is 0. The summed E-state index contributed by atoms with van der Waals surface area (Å²) >= 11 is 0. The molecule has 0 saturated carbocycles. The normalized spacial score (nSPS) is 27.9. The van der Waals surface area contributed by atoms with Gasteiger partial charge in [-0.15, -0.1) is 0 Å². The van der Waals surface area contributed by atoms with Crippen molar-refractivity contribution in [3.05, 3.63) is 12.2 Å². The molecule has 14 heavy (non-hydrogen) atoms. The zero-order valence-electron chi connectivity index (χ0n) is 8.82. The molecule has 0 aliphatic carbocycles. The third-order valence-electron chi connectivity index (χ3n) is 2.76. The molecule has 0 saturated heterocycles. The molecule has 1 aliphatic rings. The second-order valence-electron chi connectivity index (χ2n) is 4.19. The van der Waals surface area contributed by atoms with Crippen molar-refractivity contribution in [2.45, 2.75) is 32.8 Å². The summed E-state index contributed by atoms with van der Waals surface area (Å²) in [6.45, 7) is 5.90. The van der Waals surface area contributed by atoms with Gasteiger partial charge in [0.05, 0.1) is 0 Å². The van der Waals surface area contributed by atoms with Crippen LogP contribution in [0.4, 0.5) is 0 Å². The van der Waals surface area contributed by atoms with E-state index in [-0.39, 0.29) is 11.9 Å². The molecule has 0 aromatic rings. The van der Waals surface area contributed by atoms with E-state index in [2.05, 4.69) is 0 Å². The highest BCUT2D eigenvalue weighted by atomic mass is 16.6. The monoisotopic (exact) mass is 196 g/mol. The van der Waals surface area contributed by atoms with E-state index >= 15 is 0 Å². The molecule has 0 fully saturated rings. The lowest BCUT2D eigenvalue weighted by Gasteiger charge is -2.33. The minimum absolute atomic E-state index is 0.0581. The summed E-state index contributed by atoms with van der Waals surface area (Å²) in [5.74, 6) is 0.0486. The van der Waals surface area contributed by atoms with Crippen LogP contribution in [-0.4, -0.2) is 17.9 Å². The Hall–Kier alpha value is -1.12. The fourth-order valence-electron chi connectivity index (χ4n) is 1.99. The van der Waals surface area contributed by atoms with Gasteiger partial charge in [0.25, 0.3) is 0 Å². The Kier molecular flexibility index (Phi) is 3.09. The molecule has 0 aromatic carbocycles. The second-order valence-corrected chi connectivity index (χ2v) is 4.19. The maximum Gasteiger partial charge on any atom is 0.331 e. The first-order chi connectivity index (χ1) is 6.49. The molecule has 3 nitrogen and oxygen atoms in total. The number of esters is 1. The van der Waals surface area contributed by atoms with Crippen LogP contribution >= 0.6 is 0 Å². The Balaban J connectivity index is 2.82. The second kappa shape index (κ2) is 3.95. The number of carbonyl (C=O) groups excluding carboxylic acids is 2.